The van der Waals surface area contributed by atoms with Crippen molar-refractivity contribution in [3.63, 3.8) is 0 Å². The largest absolute Gasteiger partial charge is 0.455 e. The Morgan fingerprint density at radius 2 is 2.10 bits per heavy atom. The summed E-state index contributed by atoms with van der Waals surface area (Å²) < 4.78 is 9.33. The van der Waals surface area contributed by atoms with Crippen LogP contribution in [0.25, 0.3) is 0 Å². The van der Waals surface area contributed by atoms with Crippen molar-refractivity contribution in [3.05, 3.63) is 54.6 Å². The second-order valence-corrected chi connectivity index (χ2v) is 4.93. The summed E-state index contributed by atoms with van der Waals surface area (Å²) >= 11 is 0. The van der Waals surface area contributed by atoms with Crippen molar-refractivity contribution in [1.29, 1.82) is 0 Å². The highest BCUT2D eigenvalue weighted by atomic mass is 16.5. The maximum Gasteiger partial charge on any atom is 0.349 e. The number of hydrogen-bond acceptors (Lipinski definition) is 2. The van der Waals surface area contributed by atoms with Crippen LogP contribution >= 0.6 is 0 Å². The zero-order valence-electron chi connectivity index (χ0n) is 12.0. The average Bonchev–Trinajstić information content (AvgIpc) is 2.84. The van der Waals surface area contributed by atoms with Crippen LogP contribution in [0.1, 0.15) is 31.4 Å². The first-order valence-corrected chi connectivity index (χ1v) is 6.94. The molecule has 4 nitrogen and oxygen atoms in total. The Morgan fingerprint density at radius 3 is 2.70 bits per heavy atom. The normalized spacial score (nSPS) is 12.1. The van der Waals surface area contributed by atoms with E-state index in [0.717, 1.165) is 18.4 Å². The summed E-state index contributed by atoms with van der Waals surface area (Å²) in [6.45, 7) is 2.34. The lowest BCUT2D eigenvalue weighted by Crippen LogP contribution is -2.24. The van der Waals surface area contributed by atoms with Gasteiger partial charge in [-0.3, -0.25) is 0 Å². The van der Waals surface area contributed by atoms with E-state index in [1.807, 2.05) is 65.2 Å². The molecule has 0 spiro atoms. The molecule has 20 heavy (non-hydrogen) atoms. The highest BCUT2D eigenvalue weighted by Crippen LogP contribution is 2.22. The lowest BCUT2D eigenvalue weighted by molar-refractivity contribution is -0.671. The number of carbonyl (C=O) groups excluding carboxylic acids is 1. The molecular formula is C16H21N2O2+. The molecule has 4 heteroatoms. The molecule has 1 heterocycles. The topological polar surface area (TPSA) is 35.1 Å². The molecule has 1 aromatic carbocycles. The molecule has 0 saturated heterocycles. The number of benzene rings is 1. The molecule has 0 amide bonds. The molecule has 0 aliphatic carbocycles. The third-order valence-electron chi connectivity index (χ3n) is 3.13. The highest BCUT2D eigenvalue weighted by Gasteiger charge is 2.17. The van der Waals surface area contributed by atoms with E-state index in [2.05, 4.69) is 6.92 Å². The number of esters is 1. The van der Waals surface area contributed by atoms with Crippen LogP contribution in [0, 0.1) is 0 Å². The van der Waals surface area contributed by atoms with Crippen LogP contribution in [0.4, 0.5) is 0 Å². The molecule has 0 radical (unpaired) electrons. The van der Waals surface area contributed by atoms with Gasteiger partial charge in [0, 0.05) is 0 Å². The van der Waals surface area contributed by atoms with E-state index in [1.54, 1.807) is 0 Å². The quantitative estimate of drug-likeness (QED) is 0.598. The number of nitrogens with zero attached hydrogens (tertiary/aromatic N) is 2. The van der Waals surface area contributed by atoms with E-state index in [-0.39, 0.29) is 18.6 Å². The van der Waals surface area contributed by atoms with Gasteiger partial charge >= 0.3 is 5.97 Å². The first kappa shape index (κ1) is 14.3. The molecule has 2 rings (SSSR count). The van der Waals surface area contributed by atoms with E-state index in [9.17, 15) is 4.79 Å². The van der Waals surface area contributed by atoms with Gasteiger partial charge in [0.2, 0.25) is 6.33 Å². The molecule has 1 atom stereocenters. The molecule has 1 unspecified atom stereocenters. The average molecular weight is 273 g/mol. The zero-order valence-corrected chi connectivity index (χ0v) is 12.0. The molecule has 1 aromatic heterocycles. The highest BCUT2D eigenvalue weighted by molar-refractivity contribution is 5.69. The fourth-order valence-electron chi connectivity index (χ4n) is 2.16. The predicted octanol–water partition coefficient (Wildman–Crippen LogP) is 2.40. The Morgan fingerprint density at radius 1 is 1.35 bits per heavy atom. The van der Waals surface area contributed by atoms with Crippen LogP contribution in [-0.4, -0.2) is 10.5 Å². The Balaban J connectivity index is 1.99. The van der Waals surface area contributed by atoms with Gasteiger partial charge in [0.1, 0.15) is 18.5 Å². The lowest BCUT2D eigenvalue weighted by Gasteiger charge is -2.17. The monoisotopic (exact) mass is 273 g/mol. The van der Waals surface area contributed by atoms with Gasteiger partial charge in [-0.2, -0.15) is 0 Å². The van der Waals surface area contributed by atoms with Gasteiger partial charge < -0.3 is 4.74 Å². The number of aryl methyl sites for hydroxylation is 1. The number of ether oxygens (including phenoxy) is 1. The van der Waals surface area contributed by atoms with Gasteiger partial charge in [-0.1, -0.05) is 43.7 Å². The van der Waals surface area contributed by atoms with Crippen LogP contribution in [0.2, 0.25) is 0 Å². The van der Waals surface area contributed by atoms with Gasteiger partial charge in [-0.15, -0.1) is 0 Å². The Bertz CT molecular complexity index is 549. The second-order valence-electron chi connectivity index (χ2n) is 4.93. The second kappa shape index (κ2) is 6.89. The first-order chi connectivity index (χ1) is 9.69. The molecule has 106 valence electrons. The van der Waals surface area contributed by atoms with E-state index in [1.165, 1.54) is 0 Å². The van der Waals surface area contributed by atoms with Gasteiger partial charge in [0.05, 0.1) is 7.05 Å². The maximum atomic E-state index is 12.0. The van der Waals surface area contributed by atoms with E-state index in [4.69, 9.17) is 4.74 Å². The Hall–Kier alpha value is -2.10. The first-order valence-electron chi connectivity index (χ1n) is 6.94. The lowest BCUT2D eigenvalue weighted by atomic mass is 10.1. The summed E-state index contributed by atoms with van der Waals surface area (Å²) in [7, 11) is 1.92. The van der Waals surface area contributed by atoms with Crippen molar-refractivity contribution < 1.29 is 14.1 Å². The van der Waals surface area contributed by atoms with Gasteiger partial charge in [0.15, 0.2) is 6.54 Å². The summed E-state index contributed by atoms with van der Waals surface area (Å²) in [6.07, 6.45) is 7.28. The van der Waals surface area contributed by atoms with Crippen molar-refractivity contribution in [3.8, 4) is 0 Å². The zero-order chi connectivity index (χ0) is 14.4. The van der Waals surface area contributed by atoms with Crippen LogP contribution in [0.5, 0.6) is 0 Å². The third kappa shape index (κ3) is 3.95. The predicted molar refractivity (Wildman–Crippen MR) is 75.8 cm³/mol. The van der Waals surface area contributed by atoms with Crippen LogP contribution in [0.3, 0.4) is 0 Å². The van der Waals surface area contributed by atoms with Crippen LogP contribution < -0.4 is 4.57 Å². The van der Waals surface area contributed by atoms with Crippen molar-refractivity contribution in [2.75, 3.05) is 0 Å². The summed E-state index contributed by atoms with van der Waals surface area (Å²) in [4.78, 5) is 12.0. The molecule has 2 aromatic rings. The minimum Gasteiger partial charge on any atom is -0.455 e. The van der Waals surface area contributed by atoms with Gasteiger partial charge in [0.25, 0.3) is 0 Å². The Labute approximate surface area is 119 Å². The summed E-state index contributed by atoms with van der Waals surface area (Å²) in [5, 5.41) is 0. The van der Waals surface area contributed by atoms with Crippen molar-refractivity contribution in [2.24, 2.45) is 7.05 Å². The maximum absolute atomic E-state index is 12.0. The van der Waals surface area contributed by atoms with E-state index >= 15 is 0 Å². The number of hydrogen-bond donors (Lipinski definition) is 0. The molecule has 0 N–H and O–H groups in total. The van der Waals surface area contributed by atoms with Crippen molar-refractivity contribution >= 4 is 5.97 Å². The number of imidazole rings is 1. The molecule has 0 bridgehead atoms. The minimum absolute atomic E-state index is 0.155. The van der Waals surface area contributed by atoms with Crippen molar-refractivity contribution in [1.82, 2.24) is 4.57 Å². The summed E-state index contributed by atoms with van der Waals surface area (Å²) in [5.41, 5.74) is 1.06. The van der Waals surface area contributed by atoms with E-state index < -0.39 is 0 Å². The molecule has 0 fully saturated rings. The van der Waals surface area contributed by atoms with E-state index in [0.29, 0.717) is 0 Å². The number of carbonyl (C=O) groups is 1. The third-order valence-corrected chi connectivity index (χ3v) is 3.13. The van der Waals surface area contributed by atoms with Crippen molar-refractivity contribution in [2.45, 2.75) is 32.4 Å². The summed E-state index contributed by atoms with van der Waals surface area (Å²) in [6, 6.07) is 9.91. The molecule has 0 saturated carbocycles. The number of aromatic nitrogens is 2. The van der Waals surface area contributed by atoms with Crippen LogP contribution in [0.15, 0.2) is 49.1 Å². The molecule has 0 aliphatic heterocycles. The van der Waals surface area contributed by atoms with Crippen LogP contribution in [-0.2, 0) is 23.1 Å². The molecule has 0 aliphatic rings. The fraction of sp³-hybridized carbons (Fsp3) is 0.375. The smallest absolute Gasteiger partial charge is 0.349 e. The molecular weight excluding hydrogens is 252 g/mol. The van der Waals surface area contributed by atoms with Gasteiger partial charge in [-0.25, -0.2) is 13.9 Å². The minimum atomic E-state index is -0.205. The standard InChI is InChI=1S/C16H21N2O2/c1-3-7-15(14-8-5-4-6-9-14)20-16(19)12-18-11-10-17(2)13-18/h4-6,8-11,13,15H,3,7,12H2,1-2H3/q+1. The van der Waals surface area contributed by atoms with Gasteiger partial charge in [-0.05, 0) is 12.0 Å². The number of rotatable bonds is 6. The fourth-order valence-corrected chi connectivity index (χ4v) is 2.16. The Kier molecular flexibility index (Phi) is 4.93. The SMILES string of the molecule is CCCC(OC(=O)Cn1cc[n+](C)c1)c1ccccc1. The summed E-state index contributed by atoms with van der Waals surface area (Å²) in [5.74, 6) is -0.205.